The minimum Gasteiger partial charge on any atom is -0.373 e. The highest BCUT2D eigenvalue weighted by atomic mass is 32.2. The normalized spacial score (nSPS) is 18.6. The number of anilines is 2. The third-order valence-corrected chi connectivity index (χ3v) is 9.45. The summed E-state index contributed by atoms with van der Waals surface area (Å²) < 4.78 is 34.1. The number of benzene rings is 2. The van der Waals surface area contributed by atoms with Gasteiger partial charge in [-0.05, 0) is 68.9 Å². The average Bonchev–Trinajstić information content (AvgIpc) is 3.63. The number of rotatable bonds is 7. The van der Waals surface area contributed by atoms with Gasteiger partial charge in [0.05, 0.1) is 34.9 Å². The quantitative estimate of drug-likeness (QED) is 0.278. The number of nitrogens with zero attached hydrogens (tertiary/aromatic N) is 4. The van der Waals surface area contributed by atoms with Gasteiger partial charge in [0.1, 0.15) is 9.90 Å². The van der Waals surface area contributed by atoms with Crippen molar-refractivity contribution < 1.29 is 13.2 Å². The first-order valence-corrected chi connectivity index (χ1v) is 14.7. The Bertz CT molecular complexity index is 1690. The van der Waals surface area contributed by atoms with Crippen molar-refractivity contribution in [1.29, 1.82) is 0 Å². The smallest absolute Gasteiger partial charge is 0.271 e. The number of fused-ring (bicyclic) bond motifs is 2. The molecule has 4 heterocycles. The summed E-state index contributed by atoms with van der Waals surface area (Å²) in [5.74, 6) is 0.649. The van der Waals surface area contributed by atoms with E-state index in [-0.39, 0.29) is 16.4 Å². The zero-order valence-electron chi connectivity index (χ0n) is 21.3. The van der Waals surface area contributed by atoms with E-state index in [2.05, 4.69) is 62.9 Å². The number of thiophene rings is 1. The van der Waals surface area contributed by atoms with Gasteiger partial charge in [-0.15, -0.1) is 11.3 Å². The molecule has 0 radical (unpaired) electrons. The summed E-state index contributed by atoms with van der Waals surface area (Å²) >= 11 is 1.17. The monoisotopic (exact) mass is 551 g/mol. The first-order chi connectivity index (χ1) is 18.3. The highest BCUT2D eigenvalue weighted by Crippen LogP contribution is 2.31. The van der Waals surface area contributed by atoms with Crippen molar-refractivity contribution in [3.8, 4) is 11.5 Å². The molecule has 0 amide bonds. The van der Waals surface area contributed by atoms with Crippen molar-refractivity contribution in [1.82, 2.24) is 25.1 Å². The molecule has 0 bridgehead atoms. The van der Waals surface area contributed by atoms with Gasteiger partial charge in [0.25, 0.3) is 10.0 Å². The van der Waals surface area contributed by atoms with Crippen LogP contribution in [0.5, 0.6) is 0 Å². The van der Waals surface area contributed by atoms with Gasteiger partial charge in [-0.3, -0.25) is 9.82 Å². The Morgan fingerprint density at radius 2 is 2.05 bits per heavy atom. The van der Waals surface area contributed by atoms with Crippen LogP contribution in [-0.2, 0) is 14.8 Å². The zero-order chi connectivity index (χ0) is 26.4. The number of hydrogen-bond acceptors (Lipinski definition) is 8. The first-order valence-electron chi connectivity index (χ1n) is 12.3. The average molecular weight is 552 g/mol. The lowest BCUT2D eigenvalue weighted by atomic mass is 10.1. The Labute approximate surface area is 224 Å². The standard InChI is InChI=1S/C26H29N7O3S2/c1-16-15-36-19(13-32(2)3)14-33(16)18-7-9-21-23(12-18)28-26(27-21)25-20-8-6-17(11-22(20)29-30-25)31-38(34,35)24-5-4-10-37-24/h4-12,16,19,31H,13-15H2,1-3H3,(H,27,28)(H,29,30). The predicted octanol–water partition coefficient (Wildman–Crippen LogP) is 4.12. The fraction of sp³-hybridized carbons (Fsp3) is 0.308. The van der Waals surface area contributed by atoms with E-state index >= 15 is 0 Å². The van der Waals surface area contributed by atoms with Crippen LogP contribution in [0.3, 0.4) is 0 Å². The lowest BCUT2D eigenvalue weighted by Gasteiger charge is -2.40. The molecule has 198 valence electrons. The third-order valence-electron chi connectivity index (χ3n) is 6.67. The molecule has 0 aliphatic carbocycles. The molecule has 12 heteroatoms. The Hall–Kier alpha value is -3.45. The molecule has 1 aliphatic heterocycles. The molecule has 1 fully saturated rings. The van der Waals surface area contributed by atoms with Gasteiger partial charge < -0.3 is 19.5 Å². The summed E-state index contributed by atoms with van der Waals surface area (Å²) in [6, 6.07) is 15.1. The SMILES string of the molecule is CC1COC(CN(C)C)CN1c1ccc2nc(-c3n[nH]c4cc(NS(=O)(=O)c5cccs5)ccc34)[nH]c2c1. The van der Waals surface area contributed by atoms with Gasteiger partial charge in [-0.25, -0.2) is 13.4 Å². The van der Waals surface area contributed by atoms with E-state index < -0.39 is 10.0 Å². The van der Waals surface area contributed by atoms with Crippen LogP contribution in [0.4, 0.5) is 11.4 Å². The van der Waals surface area contributed by atoms with Crippen molar-refractivity contribution in [2.24, 2.45) is 0 Å². The fourth-order valence-corrected chi connectivity index (χ4v) is 6.91. The Kier molecular flexibility index (Phi) is 6.34. The molecule has 10 nitrogen and oxygen atoms in total. The van der Waals surface area contributed by atoms with Crippen LogP contribution in [0.25, 0.3) is 33.5 Å². The van der Waals surface area contributed by atoms with E-state index in [4.69, 9.17) is 9.72 Å². The highest BCUT2D eigenvalue weighted by molar-refractivity contribution is 7.94. The summed E-state index contributed by atoms with van der Waals surface area (Å²) in [7, 11) is 0.498. The van der Waals surface area contributed by atoms with E-state index in [1.807, 2.05) is 12.1 Å². The highest BCUT2D eigenvalue weighted by Gasteiger charge is 2.27. The van der Waals surface area contributed by atoms with Crippen LogP contribution in [-0.4, -0.2) is 79.4 Å². The Balaban J connectivity index is 1.27. The van der Waals surface area contributed by atoms with Gasteiger partial charge in [-0.2, -0.15) is 5.10 Å². The fourth-order valence-electron chi connectivity index (χ4n) is 4.87. The van der Waals surface area contributed by atoms with Gasteiger partial charge in [0.2, 0.25) is 0 Å². The Morgan fingerprint density at radius 1 is 1.18 bits per heavy atom. The molecule has 3 aromatic heterocycles. The molecule has 5 aromatic rings. The van der Waals surface area contributed by atoms with Gasteiger partial charge in [0, 0.05) is 30.2 Å². The molecule has 3 N–H and O–H groups in total. The van der Waals surface area contributed by atoms with Crippen LogP contribution in [0.2, 0.25) is 0 Å². The van der Waals surface area contributed by atoms with Crippen LogP contribution in [0, 0.1) is 0 Å². The van der Waals surface area contributed by atoms with E-state index in [0.29, 0.717) is 29.3 Å². The maximum atomic E-state index is 12.6. The molecule has 1 saturated heterocycles. The van der Waals surface area contributed by atoms with E-state index in [0.717, 1.165) is 35.2 Å². The van der Waals surface area contributed by atoms with Crippen molar-refractivity contribution in [3.05, 3.63) is 53.9 Å². The number of morpholine rings is 1. The predicted molar refractivity (Wildman–Crippen MR) is 151 cm³/mol. The molecular formula is C26H29N7O3S2. The summed E-state index contributed by atoms with van der Waals surface area (Å²) in [6.45, 7) is 4.58. The van der Waals surface area contributed by atoms with E-state index in [9.17, 15) is 8.42 Å². The number of imidazole rings is 1. The molecule has 0 saturated carbocycles. The van der Waals surface area contributed by atoms with Crippen LogP contribution < -0.4 is 9.62 Å². The Morgan fingerprint density at radius 3 is 2.84 bits per heavy atom. The second-order valence-corrected chi connectivity index (χ2v) is 12.7. The molecule has 2 unspecified atom stereocenters. The number of hydrogen-bond donors (Lipinski definition) is 3. The van der Waals surface area contributed by atoms with Crippen molar-refractivity contribution >= 4 is 54.7 Å². The van der Waals surface area contributed by atoms with E-state index in [1.54, 1.807) is 29.6 Å². The number of likely N-dealkylation sites (N-methyl/N-ethyl adjacent to an activating group) is 1. The first kappa shape index (κ1) is 24.9. The number of aromatic amines is 2. The largest absolute Gasteiger partial charge is 0.373 e. The topological polar surface area (TPSA) is 119 Å². The minimum atomic E-state index is -3.63. The maximum Gasteiger partial charge on any atom is 0.271 e. The van der Waals surface area contributed by atoms with Crippen LogP contribution in [0.15, 0.2) is 58.1 Å². The van der Waals surface area contributed by atoms with Crippen molar-refractivity contribution in [3.63, 3.8) is 0 Å². The number of sulfonamides is 1. The number of aromatic nitrogens is 4. The lowest BCUT2D eigenvalue weighted by Crippen LogP contribution is -2.51. The van der Waals surface area contributed by atoms with Gasteiger partial charge >= 0.3 is 0 Å². The zero-order valence-corrected chi connectivity index (χ0v) is 22.9. The summed E-state index contributed by atoms with van der Waals surface area (Å²) in [5.41, 5.74) is 4.75. The lowest BCUT2D eigenvalue weighted by molar-refractivity contribution is 0.00880. The molecule has 38 heavy (non-hydrogen) atoms. The second-order valence-electron chi connectivity index (χ2n) is 9.88. The van der Waals surface area contributed by atoms with Crippen LogP contribution in [0.1, 0.15) is 6.92 Å². The second kappa shape index (κ2) is 9.70. The van der Waals surface area contributed by atoms with Crippen molar-refractivity contribution in [2.75, 3.05) is 43.4 Å². The van der Waals surface area contributed by atoms with Gasteiger partial charge in [-0.1, -0.05) is 6.07 Å². The molecular weight excluding hydrogens is 522 g/mol. The summed E-state index contributed by atoms with van der Waals surface area (Å²) in [4.78, 5) is 12.8. The molecule has 0 spiro atoms. The molecule has 1 aliphatic rings. The van der Waals surface area contributed by atoms with E-state index in [1.165, 1.54) is 11.3 Å². The summed E-state index contributed by atoms with van der Waals surface area (Å²) in [5, 5.41) is 10.1. The van der Waals surface area contributed by atoms with Gasteiger partial charge in [0.15, 0.2) is 5.82 Å². The number of nitrogens with one attached hydrogen (secondary N) is 3. The third kappa shape index (κ3) is 4.75. The maximum absolute atomic E-state index is 12.6. The number of H-pyrrole nitrogens is 2. The molecule has 2 atom stereocenters. The summed E-state index contributed by atoms with van der Waals surface area (Å²) in [6.07, 6.45) is 0.157. The van der Waals surface area contributed by atoms with Crippen LogP contribution >= 0.6 is 11.3 Å². The van der Waals surface area contributed by atoms with Crippen molar-refractivity contribution in [2.45, 2.75) is 23.3 Å². The molecule has 6 rings (SSSR count). The molecule has 2 aromatic carbocycles. The minimum absolute atomic E-state index is 0.157. The number of ether oxygens (including phenoxy) is 1.